The van der Waals surface area contributed by atoms with Crippen LogP contribution in [0.1, 0.15) is 33.6 Å². The van der Waals surface area contributed by atoms with Crippen molar-refractivity contribution in [1.82, 2.24) is 25.2 Å². The Bertz CT molecular complexity index is 2070. The molecule has 0 radical (unpaired) electrons. The highest BCUT2D eigenvalue weighted by molar-refractivity contribution is 7.21. The maximum Gasteiger partial charge on any atom is 0.266 e. The van der Waals surface area contributed by atoms with Gasteiger partial charge in [-0.15, -0.1) is 11.3 Å². The Hall–Kier alpha value is -5.73. The van der Waals surface area contributed by atoms with Crippen LogP contribution >= 0.6 is 11.3 Å². The second-order valence-corrected chi connectivity index (χ2v) is 12.3. The predicted octanol–water partition coefficient (Wildman–Crippen LogP) is 4.34. The summed E-state index contributed by atoms with van der Waals surface area (Å²) in [5.41, 5.74) is 3.81. The fourth-order valence-corrected chi connectivity index (χ4v) is 6.65. The summed E-state index contributed by atoms with van der Waals surface area (Å²) in [6, 6.07) is 17.3. The summed E-state index contributed by atoms with van der Waals surface area (Å²) in [6.45, 7) is 1.26. The van der Waals surface area contributed by atoms with Crippen LogP contribution in [0.3, 0.4) is 0 Å². The normalized spacial score (nSPS) is 15.8. The molecule has 2 aliphatic rings. The van der Waals surface area contributed by atoms with Crippen LogP contribution in [0, 0.1) is 0 Å². The van der Waals surface area contributed by atoms with E-state index in [1.54, 1.807) is 36.8 Å². The molecule has 1 atom stereocenters. The van der Waals surface area contributed by atoms with Gasteiger partial charge in [0.2, 0.25) is 11.8 Å². The van der Waals surface area contributed by atoms with Crippen molar-refractivity contribution in [2.75, 3.05) is 38.8 Å². The number of anilines is 1. The molecule has 248 valence electrons. The first-order chi connectivity index (χ1) is 23.9. The standard InChI is InChI=1S/C35H30N6O7S/c1-46-22-7-9-25-28(17-22)49-33(39-25)21-5-8-24(37-19-21)20-6-11-29(38-18-20)36-13-14-47-15-16-48-27-4-2-3-23-31(27)35(45)41(34(23)44)26-10-12-30(42)40-32(26)43/h2-9,11,17-19,26H,10,12-16H2,1H3,(H,36,38)(H,40,42,43). The maximum absolute atomic E-state index is 13.2. The van der Waals surface area contributed by atoms with E-state index in [0.29, 0.717) is 19.0 Å². The van der Waals surface area contributed by atoms with Gasteiger partial charge in [0, 0.05) is 36.5 Å². The number of nitrogens with one attached hydrogen (secondary N) is 2. The number of amides is 4. The molecule has 1 unspecified atom stereocenters. The Balaban J connectivity index is 0.861. The van der Waals surface area contributed by atoms with Crippen LogP contribution in [0.2, 0.25) is 0 Å². The molecule has 2 N–H and O–H groups in total. The molecule has 2 aliphatic heterocycles. The molecule has 0 saturated carbocycles. The number of rotatable bonds is 12. The van der Waals surface area contributed by atoms with Crippen molar-refractivity contribution in [3.8, 4) is 33.3 Å². The van der Waals surface area contributed by atoms with Gasteiger partial charge < -0.3 is 19.5 Å². The smallest absolute Gasteiger partial charge is 0.266 e. The molecule has 2 aromatic carbocycles. The van der Waals surface area contributed by atoms with E-state index in [-0.39, 0.29) is 42.9 Å². The van der Waals surface area contributed by atoms with E-state index in [2.05, 4.69) is 20.6 Å². The quantitative estimate of drug-likeness (QED) is 0.143. The lowest BCUT2D eigenvalue weighted by Gasteiger charge is -2.27. The minimum absolute atomic E-state index is 0.0525. The summed E-state index contributed by atoms with van der Waals surface area (Å²) < 4.78 is 17.8. The van der Waals surface area contributed by atoms with Gasteiger partial charge >= 0.3 is 0 Å². The molecule has 4 amide bonds. The van der Waals surface area contributed by atoms with Crippen molar-refractivity contribution in [3.05, 3.63) is 84.2 Å². The highest BCUT2D eigenvalue weighted by Crippen LogP contribution is 2.34. The molecule has 13 nitrogen and oxygen atoms in total. The molecule has 1 saturated heterocycles. The van der Waals surface area contributed by atoms with Gasteiger partial charge in [-0.1, -0.05) is 6.07 Å². The van der Waals surface area contributed by atoms with Crippen molar-refractivity contribution in [1.29, 1.82) is 0 Å². The van der Waals surface area contributed by atoms with Gasteiger partial charge in [0.05, 0.1) is 47.4 Å². The number of hydrogen-bond donors (Lipinski definition) is 2. The Kier molecular flexibility index (Phi) is 8.96. The Labute approximate surface area is 284 Å². The molecule has 3 aromatic heterocycles. The topological polar surface area (TPSA) is 162 Å². The molecular weight excluding hydrogens is 648 g/mol. The maximum atomic E-state index is 13.2. The summed E-state index contributed by atoms with van der Waals surface area (Å²) in [4.78, 5) is 64.8. The van der Waals surface area contributed by atoms with Gasteiger partial charge in [-0.25, -0.2) is 9.97 Å². The van der Waals surface area contributed by atoms with Crippen LogP contribution < -0.4 is 20.1 Å². The van der Waals surface area contributed by atoms with E-state index in [1.165, 1.54) is 6.07 Å². The van der Waals surface area contributed by atoms with Gasteiger partial charge in [0.15, 0.2) is 0 Å². The largest absolute Gasteiger partial charge is 0.497 e. The molecule has 0 aliphatic carbocycles. The lowest BCUT2D eigenvalue weighted by molar-refractivity contribution is -0.136. The summed E-state index contributed by atoms with van der Waals surface area (Å²) >= 11 is 1.59. The molecule has 0 bridgehead atoms. The van der Waals surface area contributed by atoms with Gasteiger partial charge in [-0.3, -0.25) is 34.4 Å². The van der Waals surface area contributed by atoms with Crippen LogP contribution in [-0.4, -0.2) is 83.0 Å². The summed E-state index contributed by atoms with van der Waals surface area (Å²) in [5, 5.41) is 6.30. The van der Waals surface area contributed by atoms with Crippen LogP contribution in [0.4, 0.5) is 5.82 Å². The van der Waals surface area contributed by atoms with E-state index in [0.717, 1.165) is 42.7 Å². The lowest BCUT2D eigenvalue weighted by atomic mass is 10.0. The number of carbonyl (C=O) groups excluding carboxylic acids is 4. The molecule has 49 heavy (non-hydrogen) atoms. The number of pyridine rings is 2. The summed E-state index contributed by atoms with van der Waals surface area (Å²) in [5.74, 6) is -0.562. The van der Waals surface area contributed by atoms with Crippen LogP contribution in [0.25, 0.3) is 32.0 Å². The molecule has 14 heteroatoms. The Morgan fingerprint density at radius 1 is 0.939 bits per heavy atom. The first-order valence-electron chi connectivity index (χ1n) is 15.6. The fourth-order valence-electron chi connectivity index (χ4n) is 5.66. The number of aromatic nitrogens is 3. The van der Waals surface area contributed by atoms with Gasteiger partial charge in [-0.05, 0) is 61.0 Å². The van der Waals surface area contributed by atoms with E-state index in [4.69, 9.17) is 19.2 Å². The van der Waals surface area contributed by atoms with Crippen LogP contribution in [0.15, 0.2) is 73.1 Å². The third-order valence-corrected chi connectivity index (χ3v) is 9.20. The van der Waals surface area contributed by atoms with E-state index in [1.807, 2.05) is 48.7 Å². The van der Waals surface area contributed by atoms with E-state index in [9.17, 15) is 19.2 Å². The second-order valence-electron chi connectivity index (χ2n) is 11.2. The van der Waals surface area contributed by atoms with Crippen LogP contribution in [-0.2, 0) is 14.3 Å². The average Bonchev–Trinajstić information content (AvgIpc) is 3.66. The second kappa shape index (κ2) is 13.8. The van der Waals surface area contributed by atoms with Gasteiger partial charge in [0.25, 0.3) is 11.8 Å². The zero-order chi connectivity index (χ0) is 33.9. The van der Waals surface area contributed by atoms with Gasteiger partial charge in [0.1, 0.15) is 35.0 Å². The lowest BCUT2D eigenvalue weighted by Crippen LogP contribution is -2.54. The van der Waals surface area contributed by atoms with Crippen molar-refractivity contribution in [2.45, 2.75) is 18.9 Å². The molecule has 1 fully saturated rings. The zero-order valence-electron chi connectivity index (χ0n) is 26.3. The molecule has 5 aromatic rings. The first-order valence-corrected chi connectivity index (χ1v) is 16.4. The molecular formula is C35H30N6O7S. The number of methoxy groups -OCH3 is 1. The molecule has 7 rings (SSSR count). The Morgan fingerprint density at radius 2 is 1.80 bits per heavy atom. The average molecular weight is 679 g/mol. The zero-order valence-corrected chi connectivity index (χ0v) is 27.1. The third-order valence-electron chi connectivity index (χ3n) is 8.13. The number of piperidine rings is 1. The monoisotopic (exact) mass is 678 g/mol. The number of nitrogens with zero attached hydrogens (tertiary/aromatic N) is 4. The number of carbonyl (C=O) groups is 4. The molecule has 0 spiro atoms. The minimum atomic E-state index is -1.04. The van der Waals surface area contributed by atoms with Crippen molar-refractivity contribution in [3.63, 3.8) is 0 Å². The number of hydrogen-bond acceptors (Lipinski definition) is 12. The fraction of sp³-hybridized carbons (Fsp3) is 0.229. The highest BCUT2D eigenvalue weighted by atomic mass is 32.1. The number of fused-ring (bicyclic) bond motifs is 2. The number of ether oxygens (including phenoxy) is 3. The van der Waals surface area contributed by atoms with Crippen molar-refractivity contribution >= 4 is 51.0 Å². The van der Waals surface area contributed by atoms with Crippen LogP contribution in [0.5, 0.6) is 11.5 Å². The number of imide groups is 2. The predicted molar refractivity (Wildman–Crippen MR) is 181 cm³/mol. The highest BCUT2D eigenvalue weighted by Gasteiger charge is 2.46. The van der Waals surface area contributed by atoms with Crippen molar-refractivity contribution in [2.24, 2.45) is 0 Å². The molecule has 5 heterocycles. The minimum Gasteiger partial charge on any atom is -0.497 e. The SMILES string of the molecule is COc1ccc2nc(-c3ccc(-c4ccc(NCCOCCOc5cccc6c5C(=O)N(C5CCC(=O)NC5=O)C6=O)nc4)nc3)sc2c1. The van der Waals surface area contributed by atoms with E-state index < -0.39 is 29.7 Å². The van der Waals surface area contributed by atoms with Gasteiger partial charge in [-0.2, -0.15) is 0 Å². The van der Waals surface area contributed by atoms with E-state index >= 15 is 0 Å². The van der Waals surface area contributed by atoms with Crippen molar-refractivity contribution < 1.29 is 33.4 Å². The third kappa shape index (κ3) is 6.55. The summed E-state index contributed by atoms with van der Waals surface area (Å²) in [6.07, 6.45) is 3.71. The number of benzene rings is 2. The Morgan fingerprint density at radius 3 is 2.57 bits per heavy atom. The first kappa shape index (κ1) is 31.8. The summed E-state index contributed by atoms with van der Waals surface area (Å²) in [7, 11) is 1.65. The number of thiazole rings is 1.